The number of nitrogens with one attached hydrogen (secondary N) is 1. The molecule has 0 unspecified atom stereocenters. The Kier molecular flexibility index (Phi) is 6.50. The van der Waals surface area contributed by atoms with Gasteiger partial charge >= 0.3 is 0 Å². The van der Waals surface area contributed by atoms with Crippen molar-refractivity contribution in [2.24, 2.45) is 0 Å². The molecular formula is C13H20BrNO. The van der Waals surface area contributed by atoms with E-state index >= 15 is 0 Å². The molecule has 0 aliphatic carbocycles. The summed E-state index contributed by atoms with van der Waals surface area (Å²) in [4.78, 5) is 0. The third-order valence-electron chi connectivity index (χ3n) is 2.49. The maximum atomic E-state index is 5.63. The fraction of sp³-hybridized carbons (Fsp3) is 0.538. The smallest absolute Gasteiger partial charge is 0.120 e. The average Bonchev–Trinajstić information content (AvgIpc) is 2.28. The molecule has 1 rings (SSSR count). The van der Waals surface area contributed by atoms with E-state index in [0.29, 0.717) is 6.04 Å². The van der Waals surface area contributed by atoms with Crippen LogP contribution in [0.15, 0.2) is 28.7 Å². The van der Waals surface area contributed by atoms with E-state index in [1.165, 1.54) is 6.42 Å². The quantitative estimate of drug-likeness (QED) is 0.773. The second-order valence-corrected chi connectivity index (χ2v) is 4.84. The first-order chi connectivity index (χ1) is 7.72. The highest BCUT2D eigenvalue weighted by Gasteiger charge is 1.97. The summed E-state index contributed by atoms with van der Waals surface area (Å²) in [5.41, 5.74) is 0. The Hall–Kier alpha value is -0.540. The summed E-state index contributed by atoms with van der Waals surface area (Å²) in [5, 5.41) is 3.44. The van der Waals surface area contributed by atoms with Gasteiger partial charge in [-0.15, -0.1) is 0 Å². The molecule has 0 spiro atoms. The van der Waals surface area contributed by atoms with Gasteiger partial charge in [-0.25, -0.2) is 0 Å². The van der Waals surface area contributed by atoms with Crippen molar-refractivity contribution in [2.75, 3.05) is 13.2 Å². The first-order valence-electron chi connectivity index (χ1n) is 5.84. The normalized spacial score (nSPS) is 12.4. The molecule has 0 heterocycles. The monoisotopic (exact) mass is 285 g/mol. The fourth-order valence-corrected chi connectivity index (χ4v) is 1.69. The zero-order valence-corrected chi connectivity index (χ0v) is 11.6. The topological polar surface area (TPSA) is 21.3 Å². The molecule has 1 atom stereocenters. The van der Waals surface area contributed by atoms with Crippen LogP contribution in [0, 0.1) is 0 Å². The lowest BCUT2D eigenvalue weighted by molar-refractivity contribution is 0.305. The molecule has 1 N–H and O–H groups in total. The molecule has 16 heavy (non-hydrogen) atoms. The third kappa shape index (κ3) is 5.52. The third-order valence-corrected chi connectivity index (χ3v) is 2.98. The summed E-state index contributed by atoms with van der Waals surface area (Å²) < 4.78 is 6.69. The number of halogens is 1. The minimum absolute atomic E-state index is 0.603. The lowest BCUT2D eigenvalue weighted by atomic mass is 10.2. The second kappa shape index (κ2) is 7.69. The first-order valence-corrected chi connectivity index (χ1v) is 6.63. The van der Waals surface area contributed by atoms with Crippen molar-refractivity contribution >= 4 is 15.9 Å². The van der Waals surface area contributed by atoms with Gasteiger partial charge in [-0.05, 0) is 44.5 Å². The largest absolute Gasteiger partial charge is 0.494 e. The highest BCUT2D eigenvalue weighted by molar-refractivity contribution is 9.10. The van der Waals surface area contributed by atoms with Gasteiger partial charge in [0.1, 0.15) is 5.75 Å². The predicted octanol–water partition coefficient (Wildman–Crippen LogP) is 3.61. The van der Waals surface area contributed by atoms with Gasteiger partial charge in [0.05, 0.1) is 6.61 Å². The fourth-order valence-electron chi connectivity index (χ4n) is 1.31. The summed E-state index contributed by atoms with van der Waals surface area (Å²) >= 11 is 3.42. The van der Waals surface area contributed by atoms with Crippen LogP contribution in [0.5, 0.6) is 5.75 Å². The number of ether oxygens (including phenoxy) is 1. The lowest BCUT2D eigenvalue weighted by Gasteiger charge is -2.11. The minimum atomic E-state index is 0.603. The Labute approximate surface area is 107 Å². The van der Waals surface area contributed by atoms with Crippen molar-refractivity contribution in [2.45, 2.75) is 32.7 Å². The Morgan fingerprint density at radius 1 is 1.44 bits per heavy atom. The van der Waals surface area contributed by atoms with Gasteiger partial charge < -0.3 is 10.1 Å². The van der Waals surface area contributed by atoms with Crippen molar-refractivity contribution in [3.8, 4) is 5.75 Å². The van der Waals surface area contributed by atoms with Gasteiger partial charge in [-0.3, -0.25) is 0 Å². The molecule has 1 aromatic carbocycles. The number of hydrogen-bond acceptors (Lipinski definition) is 2. The number of benzene rings is 1. The van der Waals surface area contributed by atoms with Crippen molar-refractivity contribution in [3.05, 3.63) is 28.7 Å². The summed E-state index contributed by atoms with van der Waals surface area (Å²) in [7, 11) is 0. The van der Waals surface area contributed by atoms with E-state index < -0.39 is 0 Å². The van der Waals surface area contributed by atoms with Gasteiger partial charge in [0.25, 0.3) is 0 Å². The molecule has 1 aromatic rings. The molecule has 90 valence electrons. The lowest BCUT2D eigenvalue weighted by Crippen LogP contribution is -2.27. The first kappa shape index (κ1) is 13.5. The second-order valence-electron chi connectivity index (χ2n) is 3.92. The van der Waals surface area contributed by atoms with Crippen LogP contribution in [0.1, 0.15) is 26.7 Å². The van der Waals surface area contributed by atoms with E-state index in [9.17, 15) is 0 Å². The van der Waals surface area contributed by atoms with Crippen LogP contribution in [0.25, 0.3) is 0 Å². The number of rotatable bonds is 7. The molecule has 3 heteroatoms. The summed E-state index contributed by atoms with van der Waals surface area (Å²) in [6.07, 6.45) is 2.21. The molecule has 0 radical (unpaired) electrons. The van der Waals surface area contributed by atoms with Crippen molar-refractivity contribution in [3.63, 3.8) is 0 Å². The molecule has 0 saturated heterocycles. The molecule has 0 aromatic heterocycles. The van der Waals surface area contributed by atoms with Crippen LogP contribution in [0.2, 0.25) is 0 Å². The van der Waals surface area contributed by atoms with Crippen LogP contribution in [-0.4, -0.2) is 19.2 Å². The van der Waals surface area contributed by atoms with Gasteiger partial charge in [0.15, 0.2) is 0 Å². The zero-order valence-electron chi connectivity index (χ0n) is 10.0. The summed E-state index contributed by atoms with van der Waals surface area (Å²) in [6.45, 7) is 6.17. The van der Waals surface area contributed by atoms with Gasteiger partial charge in [0.2, 0.25) is 0 Å². The SMILES string of the molecule is CC[C@@H](C)NCCCOc1cccc(Br)c1. The molecule has 0 aliphatic heterocycles. The molecule has 0 saturated carbocycles. The molecule has 0 fully saturated rings. The van der Waals surface area contributed by atoms with Crippen LogP contribution in [0.4, 0.5) is 0 Å². The summed E-state index contributed by atoms with van der Waals surface area (Å²) in [6, 6.07) is 8.55. The van der Waals surface area contributed by atoms with Crippen LogP contribution >= 0.6 is 15.9 Å². The molecular weight excluding hydrogens is 266 g/mol. The highest BCUT2D eigenvalue weighted by atomic mass is 79.9. The van der Waals surface area contributed by atoms with E-state index in [1.54, 1.807) is 0 Å². The van der Waals surface area contributed by atoms with E-state index in [-0.39, 0.29) is 0 Å². The van der Waals surface area contributed by atoms with E-state index in [1.807, 2.05) is 24.3 Å². The Morgan fingerprint density at radius 3 is 2.94 bits per heavy atom. The Bertz CT molecular complexity index is 304. The van der Waals surface area contributed by atoms with Crippen molar-refractivity contribution in [1.82, 2.24) is 5.32 Å². The van der Waals surface area contributed by atoms with Gasteiger partial charge in [0, 0.05) is 10.5 Å². The zero-order chi connectivity index (χ0) is 11.8. The molecule has 0 amide bonds. The highest BCUT2D eigenvalue weighted by Crippen LogP contribution is 2.17. The Morgan fingerprint density at radius 2 is 2.25 bits per heavy atom. The summed E-state index contributed by atoms with van der Waals surface area (Å²) in [5.74, 6) is 0.929. The van der Waals surface area contributed by atoms with Crippen LogP contribution < -0.4 is 10.1 Å². The van der Waals surface area contributed by atoms with E-state index in [4.69, 9.17) is 4.74 Å². The minimum Gasteiger partial charge on any atom is -0.494 e. The van der Waals surface area contributed by atoms with Gasteiger partial charge in [-0.2, -0.15) is 0 Å². The van der Waals surface area contributed by atoms with Crippen molar-refractivity contribution < 1.29 is 4.74 Å². The molecule has 0 aliphatic rings. The van der Waals surface area contributed by atoms with E-state index in [0.717, 1.165) is 29.8 Å². The Balaban J connectivity index is 2.12. The number of hydrogen-bond donors (Lipinski definition) is 1. The van der Waals surface area contributed by atoms with Crippen molar-refractivity contribution in [1.29, 1.82) is 0 Å². The van der Waals surface area contributed by atoms with Crippen LogP contribution in [0.3, 0.4) is 0 Å². The molecule has 2 nitrogen and oxygen atoms in total. The predicted molar refractivity (Wildman–Crippen MR) is 72.0 cm³/mol. The maximum Gasteiger partial charge on any atom is 0.120 e. The maximum absolute atomic E-state index is 5.63. The van der Waals surface area contributed by atoms with Gasteiger partial charge in [-0.1, -0.05) is 28.9 Å². The molecule has 0 bridgehead atoms. The van der Waals surface area contributed by atoms with Crippen LogP contribution in [-0.2, 0) is 0 Å². The van der Waals surface area contributed by atoms with E-state index in [2.05, 4.69) is 35.1 Å². The standard InChI is InChI=1S/C13H20BrNO/c1-3-11(2)15-8-5-9-16-13-7-4-6-12(14)10-13/h4,6-7,10-11,15H,3,5,8-9H2,1-2H3/t11-/m1/s1. The average molecular weight is 286 g/mol.